The Balaban J connectivity index is 1.64. The largest absolute Gasteiger partial charge is 0.336 e. The van der Waals surface area contributed by atoms with Gasteiger partial charge in [-0.25, -0.2) is 14.2 Å². The van der Waals surface area contributed by atoms with Crippen molar-refractivity contribution in [2.45, 2.75) is 12.5 Å². The van der Waals surface area contributed by atoms with E-state index in [9.17, 15) is 9.18 Å². The first-order valence-electron chi connectivity index (χ1n) is 10.8. The van der Waals surface area contributed by atoms with Gasteiger partial charge in [0.2, 0.25) is 5.69 Å². The third kappa shape index (κ3) is 3.71. The molecular weight excluding hydrogens is 457 g/mol. The van der Waals surface area contributed by atoms with Gasteiger partial charge in [-0.1, -0.05) is 23.7 Å². The summed E-state index contributed by atoms with van der Waals surface area (Å²) in [4.78, 5) is 22.8. The Morgan fingerprint density at radius 3 is 2.82 bits per heavy atom. The normalized spacial score (nSPS) is 15.7. The molecule has 1 atom stereocenters. The van der Waals surface area contributed by atoms with E-state index < -0.39 is 5.82 Å². The van der Waals surface area contributed by atoms with E-state index >= 15 is 0 Å². The van der Waals surface area contributed by atoms with Crippen LogP contribution in [-0.4, -0.2) is 56.3 Å². The number of benzene rings is 2. The molecule has 1 amide bonds. The smallest absolute Gasteiger partial charge is 0.274 e. The van der Waals surface area contributed by atoms with Crippen LogP contribution in [0.4, 0.5) is 10.1 Å². The predicted octanol–water partition coefficient (Wildman–Crippen LogP) is 4.20. The van der Waals surface area contributed by atoms with Crippen LogP contribution in [0, 0.1) is 12.4 Å². The number of carbonyl (C=O) groups excluding carboxylic acids is 1. The number of aryl methyl sites for hydroxylation is 1. The molecule has 2 aromatic heterocycles. The van der Waals surface area contributed by atoms with Crippen LogP contribution in [0.25, 0.3) is 32.8 Å². The van der Waals surface area contributed by atoms with Gasteiger partial charge in [-0.2, -0.15) is 5.10 Å². The van der Waals surface area contributed by atoms with Gasteiger partial charge in [-0.15, -0.1) is 0 Å². The van der Waals surface area contributed by atoms with E-state index in [2.05, 4.69) is 20.2 Å². The second kappa shape index (κ2) is 8.56. The molecule has 0 unspecified atom stereocenters. The highest BCUT2D eigenvalue weighted by Gasteiger charge is 2.28. The first-order valence-corrected chi connectivity index (χ1v) is 11.1. The molecule has 0 bridgehead atoms. The number of nitrogens with zero attached hydrogens (tertiary/aromatic N) is 6. The van der Waals surface area contributed by atoms with Crippen LogP contribution in [-0.2, 0) is 7.05 Å². The van der Waals surface area contributed by atoms with Crippen molar-refractivity contribution in [3.63, 3.8) is 0 Å². The number of likely N-dealkylation sites (tertiary alicyclic amines) is 1. The van der Waals surface area contributed by atoms with Gasteiger partial charge in [0, 0.05) is 49.0 Å². The molecule has 0 saturated carbocycles. The zero-order valence-electron chi connectivity index (χ0n) is 18.6. The minimum Gasteiger partial charge on any atom is -0.336 e. The molecule has 1 N–H and O–H groups in total. The summed E-state index contributed by atoms with van der Waals surface area (Å²) in [6.45, 7) is 8.35. The van der Waals surface area contributed by atoms with Gasteiger partial charge in [0.1, 0.15) is 22.5 Å². The van der Waals surface area contributed by atoms with E-state index in [1.54, 1.807) is 33.5 Å². The van der Waals surface area contributed by atoms with Crippen molar-refractivity contribution in [1.29, 1.82) is 0 Å². The van der Waals surface area contributed by atoms with Gasteiger partial charge >= 0.3 is 0 Å². The zero-order chi connectivity index (χ0) is 24.0. The van der Waals surface area contributed by atoms with Crippen molar-refractivity contribution in [2.75, 3.05) is 20.1 Å². The molecule has 1 aliphatic rings. The number of rotatable bonds is 4. The molecule has 0 radical (unpaired) electrons. The zero-order valence-corrected chi connectivity index (χ0v) is 19.3. The molecule has 5 rings (SSSR count). The van der Waals surface area contributed by atoms with Gasteiger partial charge in [0.05, 0.1) is 12.1 Å². The summed E-state index contributed by atoms with van der Waals surface area (Å²) < 4.78 is 17.8. The molecule has 1 fully saturated rings. The van der Waals surface area contributed by atoms with Crippen LogP contribution in [0.2, 0.25) is 5.15 Å². The van der Waals surface area contributed by atoms with Gasteiger partial charge in [0.15, 0.2) is 0 Å². The van der Waals surface area contributed by atoms with Crippen LogP contribution in [0.1, 0.15) is 16.9 Å². The number of imidazole rings is 1. The Labute approximate surface area is 200 Å². The van der Waals surface area contributed by atoms with Crippen molar-refractivity contribution in [1.82, 2.24) is 29.5 Å². The third-order valence-corrected chi connectivity index (χ3v) is 6.61. The molecule has 1 saturated heterocycles. The highest BCUT2D eigenvalue weighted by Crippen LogP contribution is 2.31. The van der Waals surface area contributed by atoms with Crippen LogP contribution in [0.3, 0.4) is 0 Å². The molecule has 34 heavy (non-hydrogen) atoms. The van der Waals surface area contributed by atoms with E-state index in [0.29, 0.717) is 35.3 Å². The second-order valence-electron chi connectivity index (χ2n) is 8.24. The molecule has 2 aromatic carbocycles. The SMILES string of the molecule is [C-]#[N+]c1ccc(-c2nc(C(=O)N3CC[C@H](NC)C3)cn2-c2ccc3nn(C)c(Cl)c3c2)cc1F. The summed E-state index contributed by atoms with van der Waals surface area (Å²) in [6.07, 6.45) is 2.53. The minimum absolute atomic E-state index is 0.0723. The summed E-state index contributed by atoms with van der Waals surface area (Å²) >= 11 is 6.41. The van der Waals surface area contributed by atoms with Crippen molar-refractivity contribution < 1.29 is 9.18 Å². The molecule has 8 nitrogen and oxygen atoms in total. The molecule has 4 aromatic rings. The average molecular weight is 478 g/mol. The Bertz CT molecular complexity index is 1470. The summed E-state index contributed by atoms with van der Waals surface area (Å²) in [5, 5.41) is 8.81. The minimum atomic E-state index is -0.642. The fourth-order valence-corrected chi connectivity index (χ4v) is 4.46. The molecule has 172 valence electrons. The van der Waals surface area contributed by atoms with E-state index in [0.717, 1.165) is 17.3 Å². The maximum Gasteiger partial charge on any atom is 0.274 e. The number of hydrogen-bond acceptors (Lipinski definition) is 4. The van der Waals surface area contributed by atoms with Crippen molar-refractivity contribution in [3.05, 3.63) is 70.7 Å². The van der Waals surface area contributed by atoms with E-state index in [1.807, 2.05) is 25.2 Å². The number of amides is 1. The number of halogens is 2. The Morgan fingerprint density at radius 1 is 1.29 bits per heavy atom. The average Bonchev–Trinajstić information content (AvgIpc) is 3.56. The monoisotopic (exact) mass is 477 g/mol. The number of nitrogens with one attached hydrogen (secondary N) is 1. The highest BCUT2D eigenvalue weighted by molar-refractivity contribution is 6.34. The fourth-order valence-electron chi connectivity index (χ4n) is 4.27. The topological polar surface area (TPSA) is 72.3 Å². The molecule has 0 spiro atoms. The van der Waals surface area contributed by atoms with E-state index in [1.165, 1.54) is 12.1 Å². The van der Waals surface area contributed by atoms with Crippen LogP contribution in [0.5, 0.6) is 0 Å². The van der Waals surface area contributed by atoms with Gasteiger partial charge in [-0.05, 0) is 37.7 Å². The summed E-state index contributed by atoms with van der Waals surface area (Å²) in [6, 6.07) is 10.1. The summed E-state index contributed by atoms with van der Waals surface area (Å²) in [5.74, 6) is -0.434. The lowest BCUT2D eigenvalue weighted by atomic mass is 10.1. The molecule has 3 heterocycles. The Hall–Kier alpha value is -3.74. The maximum absolute atomic E-state index is 14.5. The Morgan fingerprint density at radius 2 is 2.12 bits per heavy atom. The van der Waals surface area contributed by atoms with Gasteiger partial charge < -0.3 is 10.2 Å². The lowest BCUT2D eigenvalue weighted by Crippen LogP contribution is -2.33. The quantitative estimate of drug-likeness (QED) is 0.447. The van der Waals surface area contributed by atoms with E-state index in [4.69, 9.17) is 18.2 Å². The van der Waals surface area contributed by atoms with Crippen molar-refractivity contribution in [2.24, 2.45) is 7.05 Å². The van der Waals surface area contributed by atoms with Crippen LogP contribution in [0.15, 0.2) is 42.6 Å². The predicted molar refractivity (Wildman–Crippen MR) is 128 cm³/mol. The highest BCUT2D eigenvalue weighted by atomic mass is 35.5. The number of aromatic nitrogens is 4. The van der Waals surface area contributed by atoms with Crippen molar-refractivity contribution >= 4 is 34.1 Å². The van der Waals surface area contributed by atoms with Crippen molar-refractivity contribution in [3.8, 4) is 17.1 Å². The molecule has 1 aliphatic heterocycles. The van der Waals surface area contributed by atoms with Gasteiger partial charge in [-0.3, -0.25) is 14.0 Å². The van der Waals surface area contributed by atoms with E-state index in [-0.39, 0.29) is 23.3 Å². The number of hydrogen-bond donors (Lipinski definition) is 1. The lowest BCUT2D eigenvalue weighted by molar-refractivity contribution is 0.0784. The summed E-state index contributed by atoms with van der Waals surface area (Å²) in [7, 11) is 3.64. The number of fused-ring (bicyclic) bond motifs is 1. The molecular formula is C24H21ClFN7O. The number of carbonyl (C=O) groups is 1. The standard InChI is InChI=1S/C24H21ClFN7O/c1-27-15-8-9-32(12-15)24(34)21-13-33(16-5-7-19-17(11-16)22(25)31(3)30-19)23(29-21)14-4-6-20(28-2)18(26)10-14/h4-7,10-11,13,15,27H,8-9,12H2,1,3H3/t15-/m0/s1. The van der Waals surface area contributed by atoms with Crippen LogP contribution < -0.4 is 5.32 Å². The summed E-state index contributed by atoms with van der Waals surface area (Å²) in [5.41, 5.74) is 2.08. The molecule has 10 heteroatoms. The van der Waals surface area contributed by atoms with Crippen LogP contribution >= 0.6 is 11.6 Å². The Kier molecular flexibility index (Phi) is 5.55. The second-order valence-corrected chi connectivity index (χ2v) is 8.60. The first-order chi connectivity index (χ1) is 16.4. The fraction of sp³-hybridized carbons (Fsp3) is 0.250. The first kappa shape index (κ1) is 22.1. The third-order valence-electron chi connectivity index (χ3n) is 6.16. The lowest BCUT2D eigenvalue weighted by Gasteiger charge is -2.14. The maximum atomic E-state index is 14.5. The number of likely N-dealkylation sites (N-methyl/N-ethyl adjacent to an activating group) is 1. The van der Waals surface area contributed by atoms with Gasteiger partial charge in [0.25, 0.3) is 5.91 Å². The molecule has 0 aliphatic carbocycles.